The number of epoxide rings is 1. The van der Waals surface area contributed by atoms with Crippen LogP contribution in [0.5, 0.6) is 0 Å². The molecule has 10 rings (SSSR count). The molecule has 700 valence electrons. The Hall–Kier alpha value is -5.88. The molecule has 30 atom stereocenters. The van der Waals surface area contributed by atoms with Gasteiger partial charge in [0, 0.05) is 109 Å². The van der Waals surface area contributed by atoms with E-state index in [1.165, 1.54) is 50.4 Å². The van der Waals surface area contributed by atoms with E-state index in [1.54, 1.807) is 54.0 Å². The van der Waals surface area contributed by atoms with Gasteiger partial charge >= 0.3 is 17.9 Å². The maximum absolute atomic E-state index is 14.3. The van der Waals surface area contributed by atoms with Crippen molar-refractivity contribution in [2.45, 2.75) is 345 Å². The summed E-state index contributed by atoms with van der Waals surface area (Å²) in [4.78, 5) is 130. The predicted octanol–water partition coefficient (Wildman–Crippen LogP) is 10.1. The van der Waals surface area contributed by atoms with Gasteiger partial charge in [-0.1, -0.05) is 96.9 Å². The van der Waals surface area contributed by atoms with Gasteiger partial charge < -0.3 is 92.5 Å². The molecule has 0 radical (unpaired) electrons. The molecular formula is C93H143ClN2O28. The van der Waals surface area contributed by atoms with Gasteiger partial charge in [-0.3, -0.25) is 33.7 Å². The van der Waals surface area contributed by atoms with E-state index in [0.717, 1.165) is 5.57 Å². The molecule has 4 bridgehead atoms. The maximum atomic E-state index is 14.3. The number of allylic oxidation sites excluding steroid dienone is 4. The summed E-state index contributed by atoms with van der Waals surface area (Å²) in [5, 5.41) is 76.7. The summed E-state index contributed by atoms with van der Waals surface area (Å²) in [5.41, 5.74) is 1.93. The number of ketones is 4. The Morgan fingerprint density at radius 1 is 0.540 bits per heavy atom. The lowest BCUT2D eigenvalue weighted by molar-refractivity contribution is -0.302. The minimum Gasteiger partial charge on any atom is -0.456 e. The van der Waals surface area contributed by atoms with Crippen molar-refractivity contribution in [2.75, 3.05) is 55.7 Å². The smallest absolute Gasteiger partial charge is 0.372 e. The number of nitrogens with zero attached hydrogens (tertiary/aromatic N) is 2. The van der Waals surface area contributed by atoms with Crippen LogP contribution in [0.1, 0.15) is 235 Å². The average molecular weight is 1770 g/mol. The van der Waals surface area contributed by atoms with Crippen molar-refractivity contribution in [2.24, 2.45) is 59.2 Å². The number of rotatable bonds is 13. The molecule has 2 amide bonds. The molecule has 8 fully saturated rings. The molecule has 1 aromatic carbocycles. The number of cyclic esters (lactones) is 2. The van der Waals surface area contributed by atoms with E-state index in [0.29, 0.717) is 119 Å². The largest absolute Gasteiger partial charge is 0.456 e. The van der Waals surface area contributed by atoms with Crippen molar-refractivity contribution < 1.29 is 136 Å². The van der Waals surface area contributed by atoms with E-state index in [9.17, 15) is 73.8 Å². The van der Waals surface area contributed by atoms with Gasteiger partial charge in [-0.05, 0) is 209 Å². The number of halogens is 1. The summed E-state index contributed by atoms with van der Waals surface area (Å²) in [7, 11) is 9.25. The van der Waals surface area contributed by atoms with Gasteiger partial charge in [0.2, 0.25) is 11.6 Å². The van der Waals surface area contributed by atoms with Gasteiger partial charge in [0.1, 0.15) is 48.1 Å². The van der Waals surface area contributed by atoms with Gasteiger partial charge in [0.05, 0.1) is 78.3 Å². The number of ether oxygens (including phenoxy) is 11. The number of carbonyl (C=O) groups excluding carboxylic acids is 9. The highest BCUT2D eigenvalue weighted by atomic mass is 35.5. The number of carbonyl (C=O) groups is 9. The molecule has 30 nitrogen and oxygen atoms in total. The molecule has 7 N–H and O–H groups in total. The van der Waals surface area contributed by atoms with E-state index in [2.05, 4.69) is 11.8 Å². The van der Waals surface area contributed by atoms with Crippen LogP contribution >= 0.6 is 11.6 Å². The molecule has 9 aliphatic rings. The number of methoxy groups -OCH3 is 6. The Labute approximate surface area is 736 Å². The summed E-state index contributed by atoms with van der Waals surface area (Å²) in [6, 6.07) is 3.84. The quantitative estimate of drug-likeness (QED) is 0.0183. The molecule has 124 heavy (non-hydrogen) atoms. The number of fused-ring (bicyclic) bond motifs is 7. The molecule has 2 aliphatic carbocycles. The van der Waals surface area contributed by atoms with E-state index < -0.39 is 179 Å². The third kappa shape index (κ3) is 25.4. The van der Waals surface area contributed by atoms with Crippen LogP contribution in [0, 0.1) is 59.2 Å². The maximum Gasteiger partial charge on any atom is 0.372 e. The van der Waals surface area contributed by atoms with Crippen LogP contribution in [-0.4, -0.2) is 275 Å². The first-order valence-corrected chi connectivity index (χ1v) is 45.2. The standard InChI is InChI=1S/C43H69NO13.C43H69NO12.C7H5ClO3/c1-10-28-32(47)21-31(46)26(5)36(24(3)18-27-14-15-30(45)33(20-27)52-7)55-41(50)29-13-11-12-16-44(29)40(49)38(48)43(51)25(4)19-35(54-9)37(56-43)34(53-8)17-23(2)22-42(6)39(28)57-42;1-10-30-18-24(2)17-25(3)19-36(53-8)39-37(54-9)21-27(5)43(51,56-39)40(48)41(49)44-16-12-11-13-31(44)42(50)55-38(28(6)33(46)23-34(30)47)26(4)20-29-14-15-32(45)35(22-29)52-7;8-6-3-1-2-5(4-6)7(9)11-10/h18,23,25-31,33-37,39,45-46,51H,10-17,19-22H2,1-9H3;18,20,25,27-33,35-39,45-46,51H,10-17,19,21-23H2,1-9H3;1-4,10H/b24-18+;24-18+,26-20+;/t23-,25-,26-,27+,28+,29+,30-,31+,33-,34+,35+,36-,37-,39-,42-,43-;25-,27+,28+,29-,30+,31-,32+,33-,35+,36-,37-,38+,39+,43+;/m10./s1. The summed E-state index contributed by atoms with van der Waals surface area (Å²) < 4.78 is 65.8. The van der Waals surface area contributed by atoms with Crippen LogP contribution < -0.4 is 0 Å². The number of esters is 2. The number of hydrogen-bond acceptors (Lipinski definition) is 28. The molecule has 0 unspecified atom stereocenters. The number of aliphatic hydroxyl groups is 6. The van der Waals surface area contributed by atoms with E-state index in [-0.39, 0.29) is 111 Å². The second-order valence-electron chi connectivity index (χ2n) is 37.0. The van der Waals surface area contributed by atoms with Gasteiger partial charge in [0.25, 0.3) is 23.4 Å². The summed E-state index contributed by atoms with van der Waals surface area (Å²) in [5.74, 6) is -16.0. The minimum atomic E-state index is -2.51. The zero-order valence-corrected chi connectivity index (χ0v) is 76.8. The van der Waals surface area contributed by atoms with Crippen molar-refractivity contribution in [1.29, 1.82) is 0 Å². The molecule has 7 heterocycles. The van der Waals surface area contributed by atoms with Crippen LogP contribution in [0.2, 0.25) is 5.02 Å². The average Bonchev–Trinajstić information content (AvgIpc) is 1.50. The van der Waals surface area contributed by atoms with Gasteiger partial charge in [0.15, 0.2) is 0 Å². The summed E-state index contributed by atoms with van der Waals surface area (Å²) in [6.45, 7) is 22.5. The lowest BCUT2D eigenvalue weighted by Gasteiger charge is -2.47. The van der Waals surface area contributed by atoms with Gasteiger partial charge in [-0.25, -0.2) is 14.4 Å². The number of aliphatic hydroxyl groups excluding tert-OH is 4. The van der Waals surface area contributed by atoms with Crippen LogP contribution in [0.25, 0.3) is 0 Å². The highest BCUT2D eigenvalue weighted by Gasteiger charge is 2.61. The van der Waals surface area contributed by atoms with Crippen molar-refractivity contribution >= 4 is 64.5 Å². The van der Waals surface area contributed by atoms with Crippen LogP contribution in [-0.2, 0) is 95.3 Å². The zero-order valence-electron chi connectivity index (χ0n) is 76.1. The van der Waals surface area contributed by atoms with E-state index in [1.807, 2.05) is 66.7 Å². The molecule has 7 aliphatic heterocycles. The van der Waals surface area contributed by atoms with Gasteiger partial charge in [-0.2, -0.15) is 5.26 Å². The Morgan fingerprint density at radius 3 is 1.38 bits per heavy atom. The van der Waals surface area contributed by atoms with E-state index >= 15 is 0 Å². The third-order valence-corrected chi connectivity index (χ3v) is 28.1. The summed E-state index contributed by atoms with van der Waals surface area (Å²) >= 11 is 5.56. The molecular weight excluding hydrogens is 1630 g/mol. The molecule has 6 saturated heterocycles. The highest BCUT2D eigenvalue weighted by molar-refractivity contribution is 6.39. The number of amides is 2. The van der Waals surface area contributed by atoms with Crippen molar-refractivity contribution in [3.8, 4) is 0 Å². The number of piperidine rings is 2. The van der Waals surface area contributed by atoms with E-state index in [4.69, 9.17) is 69.0 Å². The molecule has 0 aromatic heterocycles. The first-order valence-electron chi connectivity index (χ1n) is 44.8. The Bertz CT molecular complexity index is 3860. The third-order valence-electron chi connectivity index (χ3n) is 27.8. The number of hydrogen-bond donors (Lipinski definition) is 7. The Balaban J connectivity index is 0.000000273. The normalized spacial score (nSPS) is 40.1. The van der Waals surface area contributed by atoms with Crippen LogP contribution in [0.4, 0.5) is 0 Å². The highest BCUT2D eigenvalue weighted by Crippen LogP contribution is 2.50. The van der Waals surface area contributed by atoms with Gasteiger partial charge in [-0.15, -0.1) is 0 Å². The fraction of sp³-hybridized carbons (Fsp3) is 0.774. The lowest BCUT2D eigenvalue weighted by atomic mass is 9.79. The second kappa shape index (κ2) is 46.6. The van der Waals surface area contributed by atoms with Crippen molar-refractivity contribution in [3.05, 3.63) is 69.8 Å². The topological polar surface area (TPSA) is 416 Å². The Morgan fingerprint density at radius 2 is 0.968 bits per heavy atom. The minimum absolute atomic E-state index is 0.000914. The van der Waals surface area contributed by atoms with Crippen molar-refractivity contribution in [1.82, 2.24) is 9.80 Å². The lowest BCUT2D eigenvalue weighted by Crippen LogP contribution is -2.64. The van der Waals surface area contributed by atoms with Crippen LogP contribution in [0.3, 0.4) is 0 Å². The molecule has 31 heteroatoms. The first kappa shape index (κ1) is 103. The first-order chi connectivity index (χ1) is 58.6. The van der Waals surface area contributed by atoms with Crippen LogP contribution in [0.15, 0.2) is 59.2 Å². The Kier molecular flexibility index (Phi) is 38.9. The fourth-order valence-corrected chi connectivity index (χ4v) is 20.5. The predicted molar refractivity (Wildman–Crippen MR) is 455 cm³/mol. The SMILES string of the molecule is CC[C@@H]1/C=C(\C)C[C@H](C)C[C@H](OC)[C@H]2O[C@@](O)(C(=O)C(=O)N3CCCC[C@H]3C(=O)O[C@H](/C(C)=C/[C@@H]3CC[C@@H](O)[C@H](OC)C3)[C@H](C)[C@@H](O)CC1=O)[C@H](C)C[C@@H]2OC.CC[C@H]1C(=O)C[C@H](O)[C@@H](C)[C@@H](/C(C)=C/[C@@H]2CC[C@@H](O)[C@H](OC)C2)OC(=O)[C@@H]2CCCCN2C(=O)C(=O)[C@]2(O)O[C@H]([C@@H](OC)C[C@@H](C)C[C@@]3(C)O[C@H]13)[C@@H](OC)C[C@H]2C.O=C(OO)c1cccc(Cl)c1. The molecule has 2 saturated carbocycles. The number of benzene rings is 1. The molecule has 1 aromatic rings. The zero-order chi connectivity index (χ0) is 91.7. The number of Topliss-reactive ketones (excluding diaryl/α,β-unsaturated/α-hetero) is 4. The monoisotopic (exact) mass is 1770 g/mol. The molecule has 0 spiro atoms. The summed E-state index contributed by atoms with van der Waals surface area (Å²) in [6.07, 6.45) is 4.86. The van der Waals surface area contributed by atoms with Crippen molar-refractivity contribution in [3.63, 3.8) is 0 Å². The second-order valence-corrected chi connectivity index (χ2v) is 37.5. The fourth-order valence-electron chi connectivity index (χ4n) is 20.3.